The van der Waals surface area contributed by atoms with Gasteiger partial charge >= 0.3 is 0 Å². The molecule has 0 spiro atoms. The van der Waals surface area contributed by atoms with Gasteiger partial charge in [-0.3, -0.25) is 14.5 Å². The summed E-state index contributed by atoms with van der Waals surface area (Å²) in [6.07, 6.45) is 1.66. The lowest BCUT2D eigenvalue weighted by atomic mass is 9.97. The number of carbonyl (C=O) groups is 1. The Morgan fingerprint density at radius 1 is 0.969 bits per heavy atom. The highest BCUT2D eigenvalue weighted by Gasteiger charge is 2.44. The average molecular weight is 426 g/mol. The number of amides is 1. The Balaban J connectivity index is 1.81. The van der Waals surface area contributed by atoms with Crippen molar-refractivity contribution in [1.82, 2.24) is 4.98 Å². The van der Waals surface area contributed by atoms with Crippen LogP contribution in [0, 0.1) is 20.8 Å². The van der Waals surface area contributed by atoms with E-state index in [0.29, 0.717) is 28.1 Å². The van der Waals surface area contributed by atoms with Gasteiger partial charge in [-0.15, -0.1) is 0 Å². The second-order valence-corrected chi connectivity index (χ2v) is 8.15. The molecular formula is C26H22N2O4. The zero-order chi connectivity index (χ0) is 22.6. The molecule has 6 nitrogen and oxygen atoms in total. The number of aryl methyl sites for hydroxylation is 3. The van der Waals surface area contributed by atoms with Crippen LogP contribution in [0.25, 0.3) is 11.0 Å². The van der Waals surface area contributed by atoms with Gasteiger partial charge in [0.15, 0.2) is 5.43 Å². The summed E-state index contributed by atoms with van der Waals surface area (Å²) >= 11 is 0. The number of fused-ring (bicyclic) bond motifs is 2. The van der Waals surface area contributed by atoms with Gasteiger partial charge < -0.3 is 9.15 Å². The fourth-order valence-electron chi connectivity index (χ4n) is 4.22. The third kappa shape index (κ3) is 2.99. The van der Waals surface area contributed by atoms with Gasteiger partial charge in [-0.05, 0) is 79.4 Å². The number of anilines is 1. The van der Waals surface area contributed by atoms with E-state index >= 15 is 0 Å². The summed E-state index contributed by atoms with van der Waals surface area (Å²) in [6, 6.07) is 14.0. The molecule has 0 saturated heterocycles. The molecule has 0 unspecified atom stereocenters. The molecule has 1 aliphatic rings. The van der Waals surface area contributed by atoms with E-state index in [1.807, 2.05) is 69.3 Å². The molecule has 0 saturated carbocycles. The lowest BCUT2D eigenvalue weighted by molar-refractivity contribution is 0.0970. The van der Waals surface area contributed by atoms with Gasteiger partial charge in [0, 0.05) is 6.20 Å². The monoisotopic (exact) mass is 426 g/mol. The van der Waals surface area contributed by atoms with E-state index < -0.39 is 6.04 Å². The molecule has 2 aromatic carbocycles. The summed E-state index contributed by atoms with van der Waals surface area (Å²) in [5, 5.41) is 0.470. The van der Waals surface area contributed by atoms with Crippen molar-refractivity contribution in [2.75, 3.05) is 12.0 Å². The number of benzene rings is 2. The van der Waals surface area contributed by atoms with Crippen molar-refractivity contribution in [3.05, 3.63) is 98.5 Å². The van der Waals surface area contributed by atoms with Crippen LogP contribution in [0.2, 0.25) is 0 Å². The highest BCUT2D eigenvalue weighted by molar-refractivity contribution is 6.10. The summed E-state index contributed by atoms with van der Waals surface area (Å²) in [4.78, 5) is 33.3. The van der Waals surface area contributed by atoms with Crippen molar-refractivity contribution >= 4 is 22.7 Å². The number of carbonyl (C=O) groups excluding carboxylic acids is 1. The minimum atomic E-state index is -0.653. The van der Waals surface area contributed by atoms with E-state index in [2.05, 4.69) is 4.98 Å². The maximum absolute atomic E-state index is 13.7. The van der Waals surface area contributed by atoms with Crippen molar-refractivity contribution in [2.24, 2.45) is 0 Å². The first kappa shape index (κ1) is 20.0. The topological polar surface area (TPSA) is 72.6 Å². The molecule has 1 atom stereocenters. The van der Waals surface area contributed by atoms with Crippen molar-refractivity contribution in [2.45, 2.75) is 26.8 Å². The Morgan fingerprint density at radius 2 is 1.69 bits per heavy atom. The van der Waals surface area contributed by atoms with Gasteiger partial charge in [-0.2, -0.15) is 0 Å². The first-order valence-electron chi connectivity index (χ1n) is 10.4. The molecule has 32 heavy (non-hydrogen) atoms. The minimum absolute atomic E-state index is 0.0647. The van der Waals surface area contributed by atoms with Gasteiger partial charge in [0.05, 0.1) is 24.1 Å². The van der Waals surface area contributed by atoms with E-state index in [9.17, 15) is 9.59 Å². The summed E-state index contributed by atoms with van der Waals surface area (Å²) < 4.78 is 11.4. The van der Waals surface area contributed by atoms with E-state index in [-0.39, 0.29) is 17.1 Å². The Morgan fingerprint density at radius 3 is 2.38 bits per heavy atom. The largest absolute Gasteiger partial charge is 0.497 e. The standard InChI is InChI=1S/C26H22N2O4/c1-14-9-10-27-21(11-14)28-23(17-5-7-18(31-4)8-6-17)22-24(29)19-12-15(2)16(3)13-20(19)32-25(22)26(28)30/h5-13,23H,1-4H3/t23-/m0/s1. The van der Waals surface area contributed by atoms with Crippen molar-refractivity contribution in [1.29, 1.82) is 0 Å². The smallest absolute Gasteiger partial charge is 0.296 e. The minimum Gasteiger partial charge on any atom is -0.497 e. The van der Waals surface area contributed by atoms with Gasteiger partial charge in [0.1, 0.15) is 17.2 Å². The zero-order valence-electron chi connectivity index (χ0n) is 18.3. The quantitative estimate of drug-likeness (QED) is 0.467. The van der Waals surface area contributed by atoms with E-state index in [1.165, 1.54) is 0 Å². The second kappa shape index (κ2) is 7.34. The highest BCUT2D eigenvalue weighted by Crippen LogP contribution is 2.41. The molecule has 1 amide bonds. The van der Waals surface area contributed by atoms with Gasteiger partial charge in [0.25, 0.3) is 5.91 Å². The highest BCUT2D eigenvalue weighted by atomic mass is 16.5. The first-order chi connectivity index (χ1) is 15.4. The van der Waals surface area contributed by atoms with Crippen LogP contribution in [0.15, 0.2) is 63.9 Å². The van der Waals surface area contributed by atoms with Crippen LogP contribution in [-0.2, 0) is 0 Å². The Kier molecular flexibility index (Phi) is 4.59. The molecule has 3 heterocycles. The molecule has 0 fully saturated rings. The SMILES string of the molecule is COc1ccc([C@H]2c3c(oc4cc(C)c(C)cc4c3=O)C(=O)N2c2cc(C)ccn2)cc1. The maximum atomic E-state index is 13.7. The number of hydrogen-bond donors (Lipinski definition) is 0. The van der Waals surface area contributed by atoms with Crippen LogP contribution in [0.1, 0.15) is 44.4 Å². The third-order valence-corrected chi connectivity index (χ3v) is 6.07. The number of ether oxygens (including phenoxy) is 1. The van der Waals surface area contributed by atoms with Gasteiger partial charge in [-0.25, -0.2) is 4.98 Å². The summed E-state index contributed by atoms with van der Waals surface area (Å²) in [5.41, 5.74) is 4.27. The molecular weight excluding hydrogens is 404 g/mol. The molecule has 160 valence electrons. The fourth-order valence-corrected chi connectivity index (χ4v) is 4.22. The maximum Gasteiger partial charge on any atom is 0.296 e. The van der Waals surface area contributed by atoms with Crippen LogP contribution in [0.3, 0.4) is 0 Å². The molecule has 6 heteroatoms. The number of methoxy groups -OCH3 is 1. The molecule has 0 N–H and O–H groups in total. The normalized spacial score (nSPS) is 15.3. The van der Waals surface area contributed by atoms with E-state index in [1.54, 1.807) is 18.2 Å². The summed E-state index contributed by atoms with van der Waals surface area (Å²) in [7, 11) is 1.59. The molecule has 0 aliphatic carbocycles. The molecule has 0 radical (unpaired) electrons. The van der Waals surface area contributed by atoms with Gasteiger partial charge in [-0.1, -0.05) is 12.1 Å². The Labute approximate surface area is 185 Å². The number of aromatic nitrogens is 1. The second-order valence-electron chi connectivity index (χ2n) is 8.15. The Bertz CT molecular complexity index is 1440. The molecule has 2 aromatic heterocycles. The molecule has 4 aromatic rings. The first-order valence-corrected chi connectivity index (χ1v) is 10.4. The molecule has 1 aliphatic heterocycles. The van der Waals surface area contributed by atoms with Crippen LogP contribution >= 0.6 is 0 Å². The average Bonchev–Trinajstić information content (AvgIpc) is 3.08. The predicted molar refractivity (Wildman–Crippen MR) is 123 cm³/mol. The zero-order valence-corrected chi connectivity index (χ0v) is 18.3. The lowest BCUT2D eigenvalue weighted by Gasteiger charge is -2.24. The number of hydrogen-bond acceptors (Lipinski definition) is 5. The number of nitrogens with zero attached hydrogens (tertiary/aromatic N) is 2. The van der Waals surface area contributed by atoms with Crippen LogP contribution < -0.4 is 15.1 Å². The molecule has 0 bridgehead atoms. The predicted octanol–water partition coefficient (Wildman–Crippen LogP) is 4.87. The summed E-state index contributed by atoms with van der Waals surface area (Å²) in [5.74, 6) is 0.847. The van der Waals surface area contributed by atoms with Crippen molar-refractivity contribution in [3.63, 3.8) is 0 Å². The third-order valence-electron chi connectivity index (χ3n) is 6.07. The van der Waals surface area contributed by atoms with E-state index in [4.69, 9.17) is 9.15 Å². The van der Waals surface area contributed by atoms with Crippen LogP contribution in [0.5, 0.6) is 5.75 Å². The van der Waals surface area contributed by atoms with Gasteiger partial charge in [0.2, 0.25) is 5.76 Å². The van der Waals surface area contributed by atoms with Crippen molar-refractivity contribution in [3.8, 4) is 5.75 Å². The number of pyridine rings is 1. The van der Waals surface area contributed by atoms with Crippen LogP contribution in [0.4, 0.5) is 5.82 Å². The van der Waals surface area contributed by atoms with Crippen LogP contribution in [-0.4, -0.2) is 18.0 Å². The Hall–Kier alpha value is -3.93. The summed E-state index contributed by atoms with van der Waals surface area (Å²) in [6.45, 7) is 5.84. The fraction of sp³-hybridized carbons (Fsp3) is 0.192. The van der Waals surface area contributed by atoms with Crippen molar-refractivity contribution < 1.29 is 13.9 Å². The van der Waals surface area contributed by atoms with E-state index in [0.717, 1.165) is 22.3 Å². The number of rotatable bonds is 3. The molecule has 5 rings (SSSR count). The lowest BCUT2D eigenvalue weighted by Crippen LogP contribution is -2.30.